The largest absolute Gasteiger partial charge is 0.497 e. The van der Waals surface area contributed by atoms with Gasteiger partial charge in [-0.05, 0) is 60.0 Å². The van der Waals surface area contributed by atoms with Crippen LogP contribution in [0.3, 0.4) is 0 Å². The standard InChI is InChI=1S/C21H18FN3O3/c1-28-18-7-2-14-10-11-24(13-15(14)12-18)21(27)19-8-9-20(26)25(23-19)17-5-3-16(22)4-6-17/h2-9,12H,10-11,13H2,1H3. The van der Waals surface area contributed by atoms with Crippen LogP contribution in [0, 0.1) is 5.82 Å². The van der Waals surface area contributed by atoms with Crippen LogP contribution in [0.2, 0.25) is 0 Å². The fraction of sp³-hybridized carbons (Fsp3) is 0.190. The minimum absolute atomic E-state index is 0.162. The number of amides is 1. The Balaban J connectivity index is 1.62. The molecule has 0 saturated carbocycles. The molecule has 2 aromatic carbocycles. The van der Waals surface area contributed by atoms with E-state index in [1.165, 1.54) is 42.0 Å². The summed E-state index contributed by atoms with van der Waals surface area (Å²) in [6.07, 6.45) is 0.739. The van der Waals surface area contributed by atoms with Crippen LogP contribution >= 0.6 is 0 Å². The predicted molar refractivity (Wildman–Crippen MR) is 101 cm³/mol. The molecule has 1 aliphatic heterocycles. The van der Waals surface area contributed by atoms with E-state index >= 15 is 0 Å². The van der Waals surface area contributed by atoms with Crippen LogP contribution in [0.25, 0.3) is 5.69 Å². The van der Waals surface area contributed by atoms with E-state index in [2.05, 4.69) is 5.10 Å². The van der Waals surface area contributed by atoms with E-state index in [4.69, 9.17) is 4.74 Å². The number of fused-ring (bicyclic) bond motifs is 1. The van der Waals surface area contributed by atoms with Gasteiger partial charge < -0.3 is 9.64 Å². The molecule has 0 aliphatic carbocycles. The van der Waals surface area contributed by atoms with Crippen LogP contribution < -0.4 is 10.3 Å². The first kappa shape index (κ1) is 17.9. The number of hydrogen-bond acceptors (Lipinski definition) is 4. The Morgan fingerprint density at radius 1 is 1.07 bits per heavy atom. The zero-order chi connectivity index (χ0) is 19.7. The SMILES string of the molecule is COc1ccc2c(c1)CN(C(=O)c1ccc(=O)n(-c3ccc(F)cc3)n1)CC2. The normalized spacial score (nSPS) is 13.1. The van der Waals surface area contributed by atoms with Crippen molar-refractivity contribution < 1.29 is 13.9 Å². The average molecular weight is 379 g/mol. The Labute approximate surface area is 160 Å². The first-order valence-corrected chi connectivity index (χ1v) is 8.86. The molecule has 1 aliphatic rings. The van der Waals surface area contributed by atoms with Gasteiger partial charge in [-0.15, -0.1) is 0 Å². The summed E-state index contributed by atoms with van der Waals surface area (Å²) >= 11 is 0. The van der Waals surface area contributed by atoms with E-state index in [1.54, 1.807) is 12.0 Å². The van der Waals surface area contributed by atoms with Gasteiger partial charge in [-0.1, -0.05) is 6.07 Å². The lowest BCUT2D eigenvalue weighted by Crippen LogP contribution is -2.37. The van der Waals surface area contributed by atoms with Crippen LogP contribution in [-0.4, -0.2) is 34.2 Å². The molecule has 7 heteroatoms. The van der Waals surface area contributed by atoms with Gasteiger partial charge in [0.1, 0.15) is 17.3 Å². The molecule has 0 unspecified atom stereocenters. The van der Waals surface area contributed by atoms with Crippen molar-refractivity contribution in [3.8, 4) is 11.4 Å². The van der Waals surface area contributed by atoms with Gasteiger partial charge >= 0.3 is 0 Å². The Kier molecular flexibility index (Phi) is 4.65. The Bertz CT molecular complexity index is 1090. The minimum Gasteiger partial charge on any atom is -0.497 e. The first-order valence-electron chi connectivity index (χ1n) is 8.86. The molecule has 28 heavy (non-hydrogen) atoms. The Morgan fingerprint density at radius 2 is 1.86 bits per heavy atom. The van der Waals surface area contributed by atoms with Crippen molar-refractivity contribution in [3.63, 3.8) is 0 Å². The summed E-state index contributed by atoms with van der Waals surface area (Å²) in [6.45, 7) is 1.01. The van der Waals surface area contributed by atoms with E-state index in [0.717, 1.165) is 22.4 Å². The maximum absolute atomic E-state index is 13.2. The van der Waals surface area contributed by atoms with Crippen LogP contribution in [0.1, 0.15) is 21.6 Å². The number of rotatable bonds is 3. The summed E-state index contributed by atoms with van der Waals surface area (Å²) in [5, 5.41) is 4.20. The highest BCUT2D eigenvalue weighted by Crippen LogP contribution is 2.24. The minimum atomic E-state index is -0.411. The van der Waals surface area contributed by atoms with E-state index in [0.29, 0.717) is 18.8 Å². The summed E-state index contributed by atoms with van der Waals surface area (Å²) in [5.74, 6) is 0.0757. The van der Waals surface area contributed by atoms with Crippen molar-refractivity contribution in [2.45, 2.75) is 13.0 Å². The van der Waals surface area contributed by atoms with Gasteiger partial charge in [-0.25, -0.2) is 4.39 Å². The lowest BCUT2D eigenvalue weighted by Gasteiger charge is -2.29. The fourth-order valence-electron chi connectivity index (χ4n) is 3.29. The quantitative estimate of drug-likeness (QED) is 0.702. The first-order chi connectivity index (χ1) is 13.5. The summed E-state index contributed by atoms with van der Waals surface area (Å²) in [5.41, 5.74) is 2.39. The molecule has 0 N–H and O–H groups in total. The highest BCUT2D eigenvalue weighted by molar-refractivity contribution is 5.92. The topological polar surface area (TPSA) is 64.4 Å². The molecule has 4 rings (SSSR count). The molecule has 1 aromatic heterocycles. The van der Waals surface area contributed by atoms with Crippen molar-refractivity contribution in [2.75, 3.05) is 13.7 Å². The monoisotopic (exact) mass is 379 g/mol. The summed E-state index contributed by atoms with van der Waals surface area (Å²) in [4.78, 5) is 26.8. The van der Waals surface area contributed by atoms with Gasteiger partial charge in [-0.3, -0.25) is 9.59 Å². The van der Waals surface area contributed by atoms with Gasteiger partial charge in [-0.2, -0.15) is 9.78 Å². The van der Waals surface area contributed by atoms with Crippen LogP contribution in [0.5, 0.6) is 5.75 Å². The summed E-state index contributed by atoms with van der Waals surface area (Å²) < 4.78 is 19.5. The van der Waals surface area contributed by atoms with Gasteiger partial charge in [0, 0.05) is 19.2 Å². The highest BCUT2D eigenvalue weighted by atomic mass is 19.1. The average Bonchev–Trinajstić information content (AvgIpc) is 2.73. The third-order valence-corrected chi connectivity index (χ3v) is 4.80. The number of carbonyl (C=O) groups excluding carboxylic acids is 1. The maximum atomic E-state index is 13.2. The molecule has 1 amide bonds. The fourth-order valence-corrected chi connectivity index (χ4v) is 3.29. The molecule has 0 atom stereocenters. The van der Waals surface area contributed by atoms with Crippen LogP contribution in [0.15, 0.2) is 59.4 Å². The van der Waals surface area contributed by atoms with Gasteiger partial charge in [0.25, 0.3) is 11.5 Å². The number of benzene rings is 2. The third kappa shape index (κ3) is 3.38. The molecule has 6 nitrogen and oxygen atoms in total. The van der Waals surface area contributed by atoms with Gasteiger partial charge in [0.05, 0.1) is 12.8 Å². The zero-order valence-corrected chi connectivity index (χ0v) is 15.3. The molecule has 0 saturated heterocycles. The van der Waals surface area contributed by atoms with E-state index in [1.807, 2.05) is 18.2 Å². The number of carbonyl (C=O) groups is 1. The predicted octanol–water partition coefficient (Wildman–Crippen LogP) is 2.58. The smallest absolute Gasteiger partial charge is 0.274 e. The van der Waals surface area contributed by atoms with E-state index in [9.17, 15) is 14.0 Å². The van der Waals surface area contributed by atoms with Crippen LogP contribution in [0.4, 0.5) is 4.39 Å². The second kappa shape index (κ2) is 7.26. The number of halogens is 1. The molecule has 0 fully saturated rings. The van der Waals surface area contributed by atoms with E-state index in [-0.39, 0.29) is 11.6 Å². The maximum Gasteiger partial charge on any atom is 0.274 e. The van der Waals surface area contributed by atoms with Crippen molar-refractivity contribution in [1.29, 1.82) is 0 Å². The third-order valence-electron chi connectivity index (χ3n) is 4.80. The lowest BCUT2D eigenvalue weighted by molar-refractivity contribution is 0.0726. The second-order valence-electron chi connectivity index (χ2n) is 6.56. The van der Waals surface area contributed by atoms with Gasteiger partial charge in [0.2, 0.25) is 0 Å². The van der Waals surface area contributed by atoms with Crippen molar-refractivity contribution in [3.05, 3.63) is 87.6 Å². The van der Waals surface area contributed by atoms with Gasteiger partial charge in [0.15, 0.2) is 0 Å². The van der Waals surface area contributed by atoms with Crippen LogP contribution in [-0.2, 0) is 13.0 Å². The van der Waals surface area contributed by atoms with Crippen molar-refractivity contribution >= 4 is 5.91 Å². The summed E-state index contributed by atoms with van der Waals surface area (Å²) in [7, 11) is 1.61. The number of hydrogen-bond donors (Lipinski definition) is 0. The molecule has 0 spiro atoms. The Hall–Kier alpha value is -3.48. The lowest BCUT2D eigenvalue weighted by atomic mass is 9.99. The molecule has 142 valence electrons. The molecule has 3 aromatic rings. The molecule has 0 bridgehead atoms. The molecular formula is C21H18FN3O3. The number of nitrogens with zero attached hydrogens (tertiary/aromatic N) is 3. The number of ether oxygens (including phenoxy) is 1. The number of methoxy groups -OCH3 is 1. The summed E-state index contributed by atoms with van der Waals surface area (Å²) in [6, 6.07) is 14.0. The molecule has 2 heterocycles. The zero-order valence-electron chi connectivity index (χ0n) is 15.3. The van der Waals surface area contributed by atoms with E-state index < -0.39 is 11.4 Å². The van der Waals surface area contributed by atoms with Crippen molar-refractivity contribution in [1.82, 2.24) is 14.7 Å². The second-order valence-corrected chi connectivity index (χ2v) is 6.56. The Morgan fingerprint density at radius 3 is 2.61 bits per heavy atom. The highest BCUT2D eigenvalue weighted by Gasteiger charge is 2.23. The molecular weight excluding hydrogens is 361 g/mol. The van der Waals surface area contributed by atoms with Crippen molar-refractivity contribution in [2.24, 2.45) is 0 Å². The number of aromatic nitrogens is 2. The molecule has 0 radical (unpaired) electrons.